The average molecular weight is 348 g/mol. The Labute approximate surface area is 126 Å². The summed E-state index contributed by atoms with van der Waals surface area (Å²) < 4.78 is 18.7. The van der Waals surface area contributed by atoms with Gasteiger partial charge in [0.1, 0.15) is 11.6 Å². The van der Waals surface area contributed by atoms with Gasteiger partial charge in [-0.15, -0.1) is 0 Å². The number of aliphatic hydroxyl groups is 1. The quantitative estimate of drug-likeness (QED) is 0.860. The lowest BCUT2D eigenvalue weighted by molar-refractivity contribution is -0.136. The second-order valence-corrected chi connectivity index (χ2v) is 5.94. The lowest BCUT2D eigenvalue weighted by atomic mass is 10.1. The van der Waals surface area contributed by atoms with Gasteiger partial charge >= 0.3 is 0 Å². The fourth-order valence-corrected chi connectivity index (χ4v) is 2.13. The van der Waals surface area contributed by atoms with Crippen molar-refractivity contribution in [3.05, 3.63) is 28.5 Å². The summed E-state index contributed by atoms with van der Waals surface area (Å²) >= 11 is 3.17. The maximum absolute atomic E-state index is 12.9. The highest BCUT2D eigenvalue weighted by Gasteiger charge is 2.21. The Kier molecular flexibility index (Phi) is 5.95. The summed E-state index contributed by atoms with van der Waals surface area (Å²) in [5.41, 5.74) is -0.956. The SMILES string of the molecule is CCN(CC(C)(C)O)C(=O)COc1ccc(F)cc1Br. The number of carbonyl (C=O) groups is 1. The largest absolute Gasteiger partial charge is 0.483 e. The number of ether oxygens (including phenoxy) is 1. The maximum Gasteiger partial charge on any atom is 0.260 e. The summed E-state index contributed by atoms with van der Waals surface area (Å²) in [6, 6.07) is 3.99. The van der Waals surface area contributed by atoms with E-state index >= 15 is 0 Å². The number of halogens is 2. The second-order valence-electron chi connectivity index (χ2n) is 5.08. The van der Waals surface area contributed by atoms with Crippen LogP contribution < -0.4 is 4.74 Å². The third-order valence-corrected chi connectivity index (χ3v) is 3.18. The minimum absolute atomic E-state index is 0.159. The lowest BCUT2D eigenvalue weighted by Gasteiger charge is -2.28. The van der Waals surface area contributed by atoms with Crippen LogP contribution in [0, 0.1) is 5.82 Å². The van der Waals surface area contributed by atoms with E-state index < -0.39 is 5.60 Å². The smallest absolute Gasteiger partial charge is 0.260 e. The van der Waals surface area contributed by atoms with Crippen molar-refractivity contribution in [2.45, 2.75) is 26.4 Å². The van der Waals surface area contributed by atoms with Crippen molar-refractivity contribution in [3.8, 4) is 5.75 Å². The monoisotopic (exact) mass is 347 g/mol. The molecule has 0 saturated heterocycles. The molecule has 0 heterocycles. The zero-order valence-electron chi connectivity index (χ0n) is 11.8. The van der Waals surface area contributed by atoms with E-state index in [1.54, 1.807) is 13.8 Å². The molecule has 0 aliphatic heterocycles. The Bertz CT molecular complexity index is 474. The molecule has 0 fully saturated rings. The zero-order valence-corrected chi connectivity index (χ0v) is 13.4. The van der Waals surface area contributed by atoms with Gasteiger partial charge in [-0.1, -0.05) is 0 Å². The van der Waals surface area contributed by atoms with Crippen molar-refractivity contribution in [2.24, 2.45) is 0 Å². The van der Waals surface area contributed by atoms with Gasteiger partial charge < -0.3 is 14.7 Å². The zero-order chi connectivity index (χ0) is 15.3. The van der Waals surface area contributed by atoms with E-state index in [0.29, 0.717) is 16.8 Å². The molecule has 1 aromatic rings. The molecular weight excluding hydrogens is 329 g/mol. The molecule has 1 amide bonds. The molecule has 0 aliphatic rings. The van der Waals surface area contributed by atoms with Gasteiger partial charge in [0.05, 0.1) is 10.1 Å². The predicted octanol–water partition coefficient (Wildman–Crippen LogP) is 2.59. The van der Waals surface area contributed by atoms with Crippen LogP contribution in [0.3, 0.4) is 0 Å². The van der Waals surface area contributed by atoms with Crippen molar-refractivity contribution in [2.75, 3.05) is 19.7 Å². The highest BCUT2D eigenvalue weighted by atomic mass is 79.9. The fraction of sp³-hybridized carbons (Fsp3) is 0.500. The van der Waals surface area contributed by atoms with Crippen LogP contribution in [-0.4, -0.2) is 41.2 Å². The third kappa shape index (κ3) is 5.46. The molecule has 0 saturated carbocycles. The standard InChI is InChI=1S/C14H19BrFNO3/c1-4-17(9-14(2,3)19)13(18)8-20-12-6-5-10(16)7-11(12)15/h5-7,19H,4,8-9H2,1-3H3. The summed E-state index contributed by atoms with van der Waals surface area (Å²) in [5.74, 6) is -0.210. The van der Waals surface area contributed by atoms with Crippen molar-refractivity contribution >= 4 is 21.8 Å². The molecule has 112 valence electrons. The van der Waals surface area contributed by atoms with Crippen molar-refractivity contribution in [1.29, 1.82) is 0 Å². The number of amides is 1. The molecule has 20 heavy (non-hydrogen) atoms. The fourth-order valence-electron chi connectivity index (χ4n) is 1.67. The highest BCUT2D eigenvalue weighted by Crippen LogP contribution is 2.25. The molecule has 1 aromatic carbocycles. The van der Waals surface area contributed by atoms with Gasteiger partial charge in [-0.05, 0) is 54.9 Å². The van der Waals surface area contributed by atoms with Crippen LogP contribution in [0.4, 0.5) is 4.39 Å². The van der Waals surface area contributed by atoms with Crippen molar-refractivity contribution < 1.29 is 19.0 Å². The van der Waals surface area contributed by atoms with Crippen LogP contribution in [0.1, 0.15) is 20.8 Å². The summed E-state index contributed by atoms with van der Waals surface area (Å²) in [7, 11) is 0. The second kappa shape index (κ2) is 7.04. The lowest BCUT2D eigenvalue weighted by Crippen LogP contribution is -2.44. The maximum atomic E-state index is 12.9. The van der Waals surface area contributed by atoms with Gasteiger partial charge in [-0.2, -0.15) is 0 Å². The van der Waals surface area contributed by atoms with Crippen LogP contribution in [-0.2, 0) is 4.79 Å². The molecule has 0 spiro atoms. The molecule has 0 bridgehead atoms. The number of carbonyl (C=O) groups excluding carboxylic acids is 1. The van der Waals surface area contributed by atoms with Gasteiger partial charge in [0.15, 0.2) is 6.61 Å². The number of hydrogen-bond acceptors (Lipinski definition) is 3. The molecule has 0 radical (unpaired) electrons. The van der Waals surface area contributed by atoms with Crippen LogP contribution in [0.5, 0.6) is 5.75 Å². The van der Waals surface area contributed by atoms with Gasteiger partial charge in [0.2, 0.25) is 0 Å². The summed E-state index contributed by atoms with van der Waals surface area (Å²) in [5, 5.41) is 9.74. The van der Waals surface area contributed by atoms with E-state index in [9.17, 15) is 14.3 Å². The number of nitrogens with zero attached hydrogens (tertiary/aromatic N) is 1. The first-order chi connectivity index (χ1) is 9.23. The molecule has 0 aromatic heterocycles. The third-order valence-electron chi connectivity index (χ3n) is 2.56. The van der Waals surface area contributed by atoms with Crippen LogP contribution in [0.2, 0.25) is 0 Å². The number of hydrogen-bond donors (Lipinski definition) is 1. The van der Waals surface area contributed by atoms with Crippen molar-refractivity contribution in [3.63, 3.8) is 0 Å². The number of rotatable bonds is 6. The molecule has 0 atom stereocenters. The molecule has 4 nitrogen and oxygen atoms in total. The summed E-state index contributed by atoms with van der Waals surface area (Å²) in [6.45, 7) is 5.67. The minimum atomic E-state index is -0.956. The first kappa shape index (κ1) is 16.9. The first-order valence-electron chi connectivity index (χ1n) is 6.31. The highest BCUT2D eigenvalue weighted by molar-refractivity contribution is 9.10. The van der Waals surface area contributed by atoms with Crippen LogP contribution in [0.15, 0.2) is 22.7 Å². The molecule has 1 rings (SSSR count). The van der Waals surface area contributed by atoms with E-state index in [1.165, 1.54) is 23.1 Å². The predicted molar refractivity (Wildman–Crippen MR) is 78.1 cm³/mol. The average Bonchev–Trinajstić information content (AvgIpc) is 2.33. The van der Waals surface area contributed by atoms with E-state index in [4.69, 9.17) is 4.74 Å². The van der Waals surface area contributed by atoms with Crippen LogP contribution >= 0.6 is 15.9 Å². The molecule has 1 N–H and O–H groups in total. The van der Waals surface area contributed by atoms with E-state index in [1.807, 2.05) is 6.92 Å². The number of likely N-dealkylation sites (N-methyl/N-ethyl adjacent to an activating group) is 1. The van der Waals surface area contributed by atoms with Gasteiger partial charge in [-0.3, -0.25) is 4.79 Å². The van der Waals surface area contributed by atoms with E-state index in [-0.39, 0.29) is 24.9 Å². The Hall–Kier alpha value is -1.14. The summed E-state index contributed by atoms with van der Waals surface area (Å²) in [4.78, 5) is 13.5. The van der Waals surface area contributed by atoms with Gasteiger partial charge in [0, 0.05) is 13.1 Å². The normalized spacial score (nSPS) is 11.3. The molecule has 0 aliphatic carbocycles. The Balaban J connectivity index is 2.61. The minimum Gasteiger partial charge on any atom is -0.483 e. The Morgan fingerprint density at radius 1 is 1.50 bits per heavy atom. The Morgan fingerprint density at radius 2 is 2.15 bits per heavy atom. The molecular formula is C14H19BrFNO3. The van der Waals surface area contributed by atoms with Crippen LogP contribution in [0.25, 0.3) is 0 Å². The number of benzene rings is 1. The van der Waals surface area contributed by atoms with Gasteiger partial charge in [0.25, 0.3) is 5.91 Å². The van der Waals surface area contributed by atoms with E-state index in [0.717, 1.165) is 0 Å². The summed E-state index contributed by atoms with van der Waals surface area (Å²) in [6.07, 6.45) is 0. The molecule has 0 unspecified atom stereocenters. The van der Waals surface area contributed by atoms with E-state index in [2.05, 4.69) is 15.9 Å². The van der Waals surface area contributed by atoms with Gasteiger partial charge in [-0.25, -0.2) is 4.39 Å². The Morgan fingerprint density at radius 3 is 2.65 bits per heavy atom. The molecule has 6 heteroatoms. The van der Waals surface area contributed by atoms with Crippen molar-refractivity contribution in [1.82, 2.24) is 4.90 Å². The first-order valence-corrected chi connectivity index (χ1v) is 7.10. The topological polar surface area (TPSA) is 49.8 Å².